The molecule has 0 atom stereocenters. The first-order valence-electron chi connectivity index (χ1n) is 6.50. The predicted molar refractivity (Wildman–Crippen MR) is 72.1 cm³/mol. The summed E-state index contributed by atoms with van der Waals surface area (Å²) in [6, 6.07) is 0. The van der Waals surface area contributed by atoms with Gasteiger partial charge < -0.3 is 14.7 Å². The van der Waals surface area contributed by atoms with Gasteiger partial charge in [0.15, 0.2) is 0 Å². The zero-order valence-electron chi connectivity index (χ0n) is 11.9. The van der Waals surface area contributed by atoms with Crippen molar-refractivity contribution in [1.29, 1.82) is 0 Å². The molecule has 1 aromatic rings. The number of nitrogens with zero attached hydrogens (tertiary/aromatic N) is 2. The highest BCUT2D eigenvalue weighted by Gasteiger charge is 2.26. The maximum atomic E-state index is 11.5. The average Bonchev–Trinajstić information content (AvgIpc) is 2.61. The lowest BCUT2D eigenvalue weighted by Gasteiger charge is -2.17. The minimum Gasteiger partial charge on any atom is -0.480 e. The predicted octanol–water partition coefficient (Wildman–Crippen LogP) is 1.04. The maximum Gasteiger partial charge on any atom is 0.341 e. The number of rotatable bonds is 2. The van der Waals surface area contributed by atoms with Crippen LogP contribution in [0.25, 0.3) is 0 Å². The summed E-state index contributed by atoms with van der Waals surface area (Å²) in [5, 5.41) is 9.41. The number of hydrogen-bond donors (Lipinski definition) is 1. The smallest absolute Gasteiger partial charge is 0.341 e. The van der Waals surface area contributed by atoms with E-state index in [0.717, 1.165) is 16.8 Å². The molecule has 0 spiro atoms. The number of amides is 1. The van der Waals surface area contributed by atoms with Crippen LogP contribution in [0.5, 0.6) is 5.88 Å². The fourth-order valence-corrected chi connectivity index (χ4v) is 2.67. The largest absolute Gasteiger partial charge is 0.480 e. The van der Waals surface area contributed by atoms with E-state index in [9.17, 15) is 14.7 Å². The van der Waals surface area contributed by atoms with Crippen LogP contribution in [0, 0.1) is 6.92 Å². The Labute approximate surface area is 117 Å². The van der Waals surface area contributed by atoms with E-state index in [0.29, 0.717) is 25.9 Å². The number of hydrogen-bond acceptors (Lipinski definition) is 4. The Morgan fingerprint density at radius 2 is 1.85 bits per heavy atom. The van der Waals surface area contributed by atoms with E-state index in [-0.39, 0.29) is 17.4 Å². The van der Waals surface area contributed by atoms with Crippen LogP contribution in [0.3, 0.4) is 0 Å². The molecule has 20 heavy (non-hydrogen) atoms. The van der Waals surface area contributed by atoms with Gasteiger partial charge in [-0.05, 0) is 30.9 Å². The molecule has 0 aliphatic carbocycles. The van der Waals surface area contributed by atoms with Crippen LogP contribution in [0.15, 0.2) is 0 Å². The van der Waals surface area contributed by atoms with Gasteiger partial charge in [-0.3, -0.25) is 4.79 Å². The zero-order valence-corrected chi connectivity index (χ0v) is 11.9. The van der Waals surface area contributed by atoms with E-state index in [1.165, 1.54) is 14.0 Å². The number of fused-ring (bicyclic) bond motifs is 1. The quantitative estimate of drug-likeness (QED) is 0.874. The number of methoxy groups -OCH3 is 1. The number of aromatic nitrogens is 1. The summed E-state index contributed by atoms with van der Waals surface area (Å²) < 4.78 is 5.10. The first-order chi connectivity index (χ1) is 9.45. The van der Waals surface area contributed by atoms with Crippen LogP contribution >= 0.6 is 0 Å². The number of carbonyl (C=O) groups excluding carboxylic acids is 1. The zero-order chi connectivity index (χ0) is 14.9. The summed E-state index contributed by atoms with van der Waals surface area (Å²) in [5.41, 5.74) is 2.56. The van der Waals surface area contributed by atoms with Gasteiger partial charge in [-0.2, -0.15) is 0 Å². The highest BCUT2D eigenvalue weighted by Crippen LogP contribution is 2.28. The molecule has 1 amide bonds. The number of carbonyl (C=O) groups is 2. The molecule has 6 heteroatoms. The molecule has 1 N–H and O–H groups in total. The fraction of sp³-hybridized carbons (Fsp3) is 0.500. The number of aryl methyl sites for hydroxylation is 1. The third-order valence-corrected chi connectivity index (χ3v) is 3.70. The van der Waals surface area contributed by atoms with Gasteiger partial charge in [0.25, 0.3) is 0 Å². The number of ether oxygens (including phenoxy) is 1. The van der Waals surface area contributed by atoms with Gasteiger partial charge in [-0.25, -0.2) is 9.78 Å². The summed E-state index contributed by atoms with van der Waals surface area (Å²) >= 11 is 0. The SMILES string of the molecule is COc1nc(C)c2c(c1C(=O)O)CCN(C(C)=O)CC2. The highest BCUT2D eigenvalue weighted by molar-refractivity contribution is 5.92. The summed E-state index contributed by atoms with van der Waals surface area (Å²) in [4.78, 5) is 29.0. The van der Waals surface area contributed by atoms with Crippen LogP contribution in [0.4, 0.5) is 0 Å². The Balaban J connectivity index is 2.53. The highest BCUT2D eigenvalue weighted by atomic mass is 16.5. The van der Waals surface area contributed by atoms with Crippen molar-refractivity contribution in [2.45, 2.75) is 26.7 Å². The molecule has 1 aromatic heterocycles. The normalized spacial score (nSPS) is 14.4. The standard InChI is InChI=1S/C14H18N2O4/c1-8-10-4-6-16(9(2)17)7-5-11(10)12(14(18)19)13(15-8)20-3/h4-7H2,1-3H3,(H,18,19). The third kappa shape index (κ3) is 2.45. The molecule has 0 radical (unpaired) electrons. The van der Waals surface area contributed by atoms with Gasteiger partial charge in [-0.15, -0.1) is 0 Å². The Morgan fingerprint density at radius 1 is 1.25 bits per heavy atom. The molecular weight excluding hydrogens is 260 g/mol. The van der Waals surface area contributed by atoms with Gasteiger partial charge in [-0.1, -0.05) is 0 Å². The van der Waals surface area contributed by atoms with Crippen molar-refractivity contribution < 1.29 is 19.4 Å². The summed E-state index contributed by atoms with van der Waals surface area (Å²) in [6.45, 7) is 4.49. The number of carboxylic acid groups (broad SMARTS) is 1. The van der Waals surface area contributed by atoms with E-state index >= 15 is 0 Å². The van der Waals surface area contributed by atoms with Gasteiger partial charge in [0.05, 0.1) is 7.11 Å². The van der Waals surface area contributed by atoms with Crippen molar-refractivity contribution in [1.82, 2.24) is 9.88 Å². The number of carboxylic acids is 1. The van der Waals surface area contributed by atoms with E-state index < -0.39 is 5.97 Å². The first kappa shape index (κ1) is 14.3. The molecule has 0 saturated carbocycles. The van der Waals surface area contributed by atoms with Crippen LogP contribution in [-0.4, -0.2) is 47.1 Å². The molecule has 6 nitrogen and oxygen atoms in total. The maximum absolute atomic E-state index is 11.5. The lowest BCUT2D eigenvalue weighted by Crippen LogP contribution is -2.31. The summed E-state index contributed by atoms with van der Waals surface area (Å²) in [5.74, 6) is -0.890. The van der Waals surface area contributed by atoms with E-state index in [4.69, 9.17) is 4.74 Å². The van der Waals surface area contributed by atoms with E-state index in [2.05, 4.69) is 4.98 Å². The second kappa shape index (κ2) is 5.48. The van der Waals surface area contributed by atoms with Crippen molar-refractivity contribution in [3.05, 3.63) is 22.4 Å². The molecule has 108 valence electrons. The molecule has 1 aliphatic heterocycles. The lowest BCUT2D eigenvalue weighted by molar-refractivity contribution is -0.128. The summed E-state index contributed by atoms with van der Waals surface area (Å²) in [7, 11) is 1.42. The Bertz CT molecular complexity index is 569. The molecule has 1 aliphatic rings. The van der Waals surface area contributed by atoms with Crippen LogP contribution in [-0.2, 0) is 17.6 Å². The van der Waals surface area contributed by atoms with Crippen LogP contribution in [0.2, 0.25) is 0 Å². The van der Waals surface area contributed by atoms with Gasteiger partial charge in [0, 0.05) is 25.7 Å². The van der Waals surface area contributed by atoms with Crippen molar-refractivity contribution in [2.75, 3.05) is 20.2 Å². The lowest BCUT2D eigenvalue weighted by atomic mass is 9.97. The molecule has 0 fully saturated rings. The van der Waals surface area contributed by atoms with Crippen molar-refractivity contribution in [3.8, 4) is 5.88 Å². The Kier molecular flexibility index (Phi) is 3.92. The van der Waals surface area contributed by atoms with Crippen LogP contribution in [0.1, 0.15) is 34.1 Å². The van der Waals surface area contributed by atoms with Crippen molar-refractivity contribution in [2.24, 2.45) is 0 Å². The fourth-order valence-electron chi connectivity index (χ4n) is 2.67. The molecule has 2 heterocycles. The molecule has 2 rings (SSSR count). The van der Waals surface area contributed by atoms with Crippen molar-refractivity contribution in [3.63, 3.8) is 0 Å². The molecule has 0 unspecified atom stereocenters. The molecule has 0 aromatic carbocycles. The monoisotopic (exact) mass is 278 g/mol. The Morgan fingerprint density at radius 3 is 2.35 bits per heavy atom. The van der Waals surface area contributed by atoms with Crippen molar-refractivity contribution >= 4 is 11.9 Å². The molecule has 0 saturated heterocycles. The number of pyridine rings is 1. The van der Waals surface area contributed by atoms with E-state index in [1.807, 2.05) is 6.92 Å². The molecular formula is C14H18N2O4. The summed E-state index contributed by atoms with van der Waals surface area (Å²) in [6.07, 6.45) is 1.13. The minimum atomic E-state index is -1.04. The average molecular weight is 278 g/mol. The molecule has 0 bridgehead atoms. The topological polar surface area (TPSA) is 79.7 Å². The van der Waals surface area contributed by atoms with Gasteiger partial charge in [0.1, 0.15) is 5.56 Å². The Hall–Kier alpha value is -2.11. The van der Waals surface area contributed by atoms with Crippen LogP contribution < -0.4 is 4.74 Å². The van der Waals surface area contributed by atoms with Gasteiger partial charge >= 0.3 is 5.97 Å². The minimum absolute atomic E-state index is 0.00672. The first-order valence-corrected chi connectivity index (χ1v) is 6.50. The second-order valence-electron chi connectivity index (χ2n) is 4.85. The van der Waals surface area contributed by atoms with Gasteiger partial charge in [0.2, 0.25) is 11.8 Å². The van der Waals surface area contributed by atoms with E-state index in [1.54, 1.807) is 4.90 Å². The number of aromatic carboxylic acids is 1. The second-order valence-corrected chi connectivity index (χ2v) is 4.85. The third-order valence-electron chi connectivity index (χ3n) is 3.70.